The largest absolute Gasteiger partial charge is 0.508 e. The Morgan fingerprint density at radius 1 is 1.25 bits per heavy atom. The molecular formula is C20H21NO3. The van der Waals surface area contributed by atoms with E-state index in [0.29, 0.717) is 5.69 Å². The molecular weight excluding hydrogens is 302 g/mol. The number of phenolic OH excluding ortho intramolecular Hbond substituents is 1. The maximum absolute atomic E-state index is 13.1. The second-order valence-electron chi connectivity index (χ2n) is 7.10. The van der Waals surface area contributed by atoms with Gasteiger partial charge in [0.25, 0.3) is 0 Å². The van der Waals surface area contributed by atoms with Gasteiger partial charge in [0.05, 0.1) is 17.5 Å². The van der Waals surface area contributed by atoms with Gasteiger partial charge in [-0.25, -0.2) is 0 Å². The van der Waals surface area contributed by atoms with E-state index in [1.54, 1.807) is 12.1 Å². The van der Waals surface area contributed by atoms with Crippen LogP contribution in [0.3, 0.4) is 0 Å². The molecule has 1 N–H and O–H groups in total. The van der Waals surface area contributed by atoms with Gasteiger partial charge in [0.15, 0.2) is 0 Å². The molecule has 124 valence electrons. The normalized spacial score (nSPS) is 33.9. The molecule has 2 fully saturated rings. The van der Waals surface area contributed by atoms with Crippen LogP contribution < -0.4 is 4.90 Å². The fourth-order valence-corrected chi connectivity index (χ4v) is 4.81. The van der Waals surface area contributed by atoms with Gasteiger partial charge in [-0.2, -0.15) is 0 Å². The lowest BCUT2D eigenvalue weighted by Gasteiger charge is -2.30. The van der Waals surface area contributed by atoms with Crippen molar-refractivity contribution in [1.29, 1.82) is 0 Å². The van der Waals surface area contributed by atoms with Crippen molar-refractivity contribution in [2.45, 2.75) is 26.2 Å². The van der Waals surface area contributed by atoms with Gasteiger partial charge in [-0.1, -0.05) is 24.3 Å². The van der Waals surface area contributed by atoms with Crippen LogP contribution in [0.2, 0.25) is 0 Å². The number of rotatable bonds is 4. The van der Waals surface area contributed by atoms with E-state index in [0.717, 1.165) is 19.3 Å². The maximum atomic E-state index is 13.1. The Kier molecular flexibility index (Phi) is 3.37. The third-order valence-electron chi connectivity index (χ3n) is 5.84. The molecule has 0 aromatic heterocycles. The lowest BCUT2D eigenvalue weighted by molar-refractivity contribution is -0.123. The molecule has 2 aliphatic carbocycles. The summed E-state index contributed by atoms with van der Waals surface area (Å²) in [6.07, 6.45) is 11.2. The number of nitrogens with zero attached hydrogens (tertiary/aromatic N) is 1. The molecule has 0 radical (unpaired) electrons. The van der Waals surface area contributed by atoms with E-state index in [2.05, 4.69) is 18.2 Å². The van der Waals surface area contributed by atoms with Crippen molar-refractivity contribution < 1.29 is 14.7 Å². The number of amides is 2. The SMILES string of the molecule is CC=CCCC12C=CC(C1)C1C(=O)N(c3ccc(O)cc3)C(=O)C12. The summed E-state index contributed by atoms with van der Waals surface area (Å²) in [5.74, 6) is -0.316. The van der Waals surface area contributed by atoms with E-state index < -0.39 is 0 Å². The van der Waals surface area contributed by atoms with Gasteiger partial charge >= 0.3 is 0 Å². The smallest absolute Gasteiger partial charge is 0.238 e. The minimum atomic E-state index is -0.237. The molecule has 4 nitrogen and oxygen atoms in total. The van der Waals surface area contributed by atoms with E-state index in [9.17, 15) is 14.7 Å². The van der Waals surface area contributed by atoms with E-state index in [4.69, 9.17) is 0 Å². The number of benzene rings is 1. The van der Waals surface area contributed by atoms with Gasteiger partial charge in [-0.3, -0.25) is 14.5 Å². The van der Waals surface area contributed by atoms with Crippen molar-refractivity contribution in [1.82, 2.24) is 0 Å². The molecule has 2 amide bonds. The van der Waals surface area contributed by atoms with Crippen LogP contribution in [0.15, 0.2) is 48.6 Å². The summed E-state index contributed by atoms with van der Waals surface area (Å²) in [4.78, 5) is 27.4. The molecule has 1 aliphatic heterocycles. The van der Waals surface area contributed by atoms with Crippen LogP contribution in [0, 0.1) is 23.2 Å². The standard InChI is InChI=1S/C20H21NO3/c1-2-3-4-10-20-11-9-13(12-20)16-17(20)19(24)21(18(16)23)14-5-7-15(22)8-6-14/h2-3,5-9,11,13,16-17,22H,4,10,12H2,1H3. The molecule has 24 heavy (non-hydrogen) atoms. The van der Waals surface area contributed by atoms with Crippen molar-refractivity contribution in [3.05, 3.63) is 48.6 Å². The predicted molar refractivity (Wildman–Crippen MR) is 91.3 cm³/mol. The number of hydrogen-bond acceptors (Lipinski definition) is 3. The van der Waals surface area contributed by atoms with Gasteiger partial charge in [0.1, 0.15) is 5.75 Å². The average molecular weight is 323 g/mol. The topological polar surface area (TPSA) is 57.6 Å². The van der Waals surface area contributed by atoms with Crippen molar-refractivity contribution in [3.63, 3.8) is 0 Å². The van der Waals surface area contributed by atoms with Crippen LogP contribution in [0.1, 0.15) is 26.2 Å². The quantitative estimate of drug-likeness (QED) is 0.682. The Balaban J connectivity index is 1.67. The zero-order chi connectivity index (χ0) is 16.9. The number of anilines is 1. The fraction of sp³-hybridized carbons (Fsp3) is 0.400. The Morgan fingerprint density at radius 2 is 2.00 bits per heavy atom. The zero-order valence-corrected chi connectivity index (χ0v) is 13.7. The molecule has 4 unspecified atom stereocenters. The van der Waals surface area contributed by atoms with E-state index in [1.165, 1.54) is 17.0 Å². The van der Waals surface area contributed by atoms with Crippen molar-refractivity contribution in [2.75, 3.05) is 4.90 Å². The molecule has 4 atom stereocenters. The maximum Gasteiger partial charge on any atom is 0.238 e. The number of fused-ring (bicyclic) bond motifs is 5. The average Bonchev–Trinajstić information content (AvgIpc) is 3.20. The number of carbonyl (C=O) groups is 2. The van der Waals surface area contributed by atoms with Gasteiger partial charge in [0.2, 0.25) is 11.8 Å². The fourth-order valence-electron chi connectivity index (χ4n) is 4.81. The van der Waals surface area contributed by atoms with Crippen molar-refractivity contribution in [2.24, 2.45) is 23.2 Å². The third kappa shape index (κ3) is 1.98. The molecule has 1 saturated carbocycles. The Bertz CT molecular complexity index is 749. The van der Waals surface area contributed by atoms with Gasteiger partial charge in [0, 0.05) is 5.41 Å². The second-order valence-corrected chi connectivity index (χ2v) is 7.10. The lowest BCUT2D eigenvalue weighted by atomic mass is 9.72. The van der Waals surface area contributed by atoms with Gasteiger partial charge in [-0.15, -0.1) is 0 Å². The first-order chi connectivity index (χ1) is 11.6. The highest BCUT2D eigenvalue weighted by Gasteiger charge is 2.65. The number of allylic oxidation sites excluding steroid dienone is 4. The van der Waals surface area contributed by atoms with Crippen molar-refractivity contribution in [3.8, 4) is 5.75 Å². The van der Waals surface area contributed by atoms with Crippen LogP contribution in [-0.2, 0) is 9.59 Å². The lowest BCUT2D eigenvalue weighted by Crippen LogP contribution is -2.35. The minimum absolute atomic E-state index is 0.0805. The van der Waals surface area contributed by atoms with Gasteiger partial charge < -0.3 is 5.11 Å². The minimum Gasteiger partial charge on any atom is -0.508 e. The monoisotopic (exact) mass is 323 g/mol. The summed E-state index contributed by atoms with van der Waals surface area (Å²) >= 11 is 0. The number of carbonyl (C=O) groups excluding carboxylic acids is 2. The first-order valence-corrected chi connectivity index (χ1v) is 8.55. The first-order valence-electron chi connectivity index (χ1n) is 8.55. The Hall–Kier alpha value is -2.36. The Labute approximate surface area is 141 Å². The zero-order valence-electron chi connectivity index (χ0n) is 13.7. The molecule has 2 bridgehead atoms. The van der Waals surface area contributed by atoms with E-state index in [-0.39, 0.29) is 40.7 Å². The van der Waals surface area contributed by atoms with E-state index in [1.807, 2.05) is 13.0 Å². The summed E-state index contributed by atoms with van der Waals surface area (Å²) in [5.41, 5.74) is 0.382. The molecule has 1 heterocycles. The summed E-state index contributed by atoms with van der Waals surface area (Å²) in [6.45, 7) is 2.00. The first kappa shape index (κ1) is 15.2. The molecule has 3 aliphatic rings. The highest BCUT2D eigenvalue weighted by Crippen LogP contribution is 2.62. The summed E-state index contributed by atoms with van der Waals surface area (Å²) < 4.78 is 0. The van der Waals surface area contributed by atoms with Crippen LogP contribution >= 0.6 is 0 Å². The molecule has 1 saturated heterocycles. The van der Waals surface area contributed by atoms with Crippen molar-refractivity contribution >= 4 is 17.5 Å². The van der Waals surface area contributed by atoms with Gasteiger partial charge in [-0.05, 0) is 56.4 Å². The molecule has 4 rings (SSSR count). The molecule has 1 aromatic carbocycles. The molecule has 0 spiro atoms. The number of imide groups is 1. The number of phenols is 1. The third-order valence-corrected chi connectivity index (χ3v) is 5.84. The van der Waals surface area contributed by atoms with E-state index >= 15 is 0 Å². The molecule has 1 aromatic rings. The second kappa shape index (κ2) is 5.33. The summed E-state index contributed by atoms with van der Waals surface area (Å²) in [5, 5.41) is 9.44. The van der Waals surface area contributed by atoms with Crippen LogP contribution in [-0.4, -0.2) is 16.9 Å². The highest BCUT2D eigenvalue weighted by molar-refractivity contribution is 6.23. The summed E-state index contributed by atoms with van der Waals surface area (Å²) in [6, 6.07) is 6.29. The summed E-state index contributed by atoms with van der Waals surface area (Å²) in [7, 11) is 0. The number of hydrogen-bond donors (Lipinski definition) is 1. The van der Waals surface area contributed by atoms with Crippen LogP contribution in [0.25, 0.3) is 0 Å². The predicted octanol–water partition coefficient (Wildman–Crippen LogP) is 3.43. The van der Waals surface area contributed by atoms with Crippen LogP contribution in [0.5, 0.6) is 5.75 Å². The number of aromatic hydroxyl groups is 1. The highest BCUT2D eigenvalue weighted by atomic mass is 16.3. The Morgan fingerprint density at radius 3 is 2.71 bits per heavy atom. The van der Waals surface area contributed by atoms with Crippen LogP contribution in [0.4, 0.5) is 5.69 Å². The molecule has 4 heteroatoms.